The van der Waals surface area contributed by atoms with Gasteiger partial charge in [-0.25, -0.2) is 0 Å². The van der Waals surface area contributed by atoms with Crippen molar-refractivity contribution in [2.24, 2.45) is 4.99 Å². The van der Waals surface area contributed by atoms with Crippen molar-refractivity contribution in [1.29, 1.82) is 0 Å². The topological polar surface area (TPSA) is 15.6 Å². The van der Waals surface area contributed by atoms with Gasteiger partial charge in [-0.3, -0.25) is 9.41 Å². The van der Waals surface area contributed by atoms with E-state index in [0.29, 0.717) is 0 Å². The predicted molar refractivity (Wildman–Crippen MR) is 34.5 cm³/mol. The molecule has 0 spiro atoms. The molecule has 0 radical (unpaired) electrons. The molecule has 4 heteroatoms. The Hall–Kier alpha value is 0.526. The van der Waals surface area contributed by atoms with E-state index in [9.17, 15) is 0 Å². The molecule has 38 valence electrons. The van der Waals surface area contributed by atoms with Crippen LogP contribution in [-0.2, 0) is 0 Å². The van der Waals surface area contributed by atoms with Crippen molar-refractivity contribution in [2.45, 2.75) is 0 Å². The van der Waals surface area contributed by atoms with Crippen LogP contribution in [0.25, 0.3) is 0 Å². The van der Waals surface area contributed by atoms with E-state index in [1.807, 2.05) is 0 Å². The highest BCUT2D eigenvalue weighted by Crippen LogP contribution is 1.93. The van der Waals surface area contributed by atoms with E-state index >= 15 is 0 Å². The smallest absolute Gasteiger partial charge is 0.274 e. The Morgan fingerprint density at radius 3 is 2.57 bits per heavy atom. The molecule has 1 rings (SSSR count). The van der Waals surface area contributed by atoms with Crippen LogP contribution in [0.3, 0.4) is 0 Å². The molecule has 0 unspecified atom stereocenters. The Morgan fingerprint density at radius 1 is 1.71 bits per heavy atom. The Morgan fingerprint density at radius 2 is 2.43 bits per heavy atom. The third-order valence-electron chi connectivity index (χ3n) is 0.650. The van der Waals surface area contributed by atoms with Crippen molar-refractivity contribution in [1.82, 2.24) is 4.42 Å². The van der Waals surface area contributed by atoms with Crippen molar-refractivity contribution in [3.63, 3.8) is 0 Å². The SMILES string of the molecule is ClN1C=NCC1.[MgH2]. The molecule has 0 aromatic carbocycles. The molecule has 0 bridgehead atoms. The lowest BCUT2D eigenvalue weighted by atomic mass is 10.7. The minimum atomic E-state index is 0. The first-order valence-corrected chi connectivity index (χ1v) is 2.16. The summed E-state index contributed by atoms with van der Waals surface area (Å²) in [6, 6.07) is 0. The first-order valence-electron chi connectivity index (χ1n) is 1.82. The minimum absolute atomic E-state index is 0. The van der Waals surface area contributed by atoms with Crippen LogP contribution in [0, 0.1) is 0 Å². The maximum atomic E-state index is 5.40. The van der Waals surface area contributed by atoms with Crippen molar-refractivity contribution in [3.8, 4) is 0 Å². The molecule has 0 saturated carbocycles. The molecule has 0 aromatic rings. The van der Waals surface area contributed by atoms with Crippen molar-refractivity contribution in [2.75, 3.05) is 13.1 Å². The van der Waals surface area contributed by atoms with Crippen LogP contribution in [0.4, 0.5) is 0 Å². The van der Waals surface area contributed by atoms with Crippen molar-refractivity contribution in [3.05, 3.63) is 0 Å². The van der Waals surface area contributed by atoms with Crippen LogP contribution in [0.15, 0.2) is 4.99 Å². The van der Waals surface area contributed by atoms with Crippen LogP contribution in [0.1, 0.15) is 0 Å². The lowest BCUT2D eigenvalue weighted by molar-refractivity contribution is 0.730. The van der Waals surface area contributed by atoms with Crippen LogP contribution in [-0.4, -0.2) is 46.9 Å². The number of aliphatic imine (C=N–C) groups is 1. The van der Waals surface area contributed by atoms with Gasteiger partial charge in [-0.15, -0.1) is 0 Å². The Balaban J connectivity index is 0.000000360. The standard InChI is InChI=1S/C3H5ClN2.Mg.2H/c4-6-2-1-5-3-6;;;/h3H,1-2H2;;;. The van der Waals surface area contributed by atoms with Gasteiger partial charge in [0.25, 0.3) is 0 Å². The van der Waals surface area contributed by atoms with Gasteiger partial charge in [-0.1, -0.05) is 0 Å². The second kappa shape index (κ2) is 3.52. The van der Waals surface area contributed by atoms with Gasteiger partial charge in [0.2, 0.25) is 0 Å². The van der Waals surface area contributed by atoms with Gasteiger partial charge in [0, 0.05) is 11.8 Å². The molecular formula is C3H7ClMgN2. The third kappa shape index (κ3) is 2.36. The average Bonchev–Trinajstić information content (AvgIpc) is 1.86. The number of hydrogen-bond acceptors (Lipinski definition) is 2. The predicted octanol–water partition coefficient (Wildman–Crippen LogP) is -0.432. The molecule has 0 saturated heterocycles. The Kier molecular flexibility index (Phi) is 3.78. The molecule has 1 aliphatic heterocycles. The highest BCUT2D eigenvalue weighted by atomic mass is 35.5. The fourth-order valence-electron chi connectivity index (χ4n) is 0.357. The van der Waals surface area contributed by atoms with Gasteiger partial charge >= 0.3 is 23.1 Å². The van der Waals surface area contributed by atoms with E-state index in [-0.39, 0.29) is 23.1 Å². The van der Waals surface area contributed by atoms with Crippen molar-refractivity contribution >= 4 is 41.2 Å². The maximum absolute atomic E-state index is 5.40. The lowest BCUT2D eigenvalue weighted by Crippen LogP contribution is -2.03. The fourth-order valence-corrected chi connectivity index (χ4v) is 0.495. The maximum Gasteiger partial charge on any atom is 0.316 e. The Bertz CT molecular complexity index is 75.3. The van der Waals surface area contributed by atoms with Crippen LogP contribution in [0.5, 0.6) is 0 Å². The van der Waals surface area contributed by atoms with E-state index in [1.165, 1.54) is 0 Å². The molecule has 0 atom stereocenters. The second-order valence-electron chi connectivity index (χ2n) is 1.14. The summed E-state index contributed by atoms with van der Waals surface area (Å²) in [5.74, 6) is 0. The van der Waals surface area contributed by atoms with Gasteiger partial charge in [0.15, 0.2) is 0 Å². The van der Waals surface area contributed by atoms with Gasteiger partial charge in [0.05, 0.1) is 19.4 Å². The van der Waals surface area contributed by atoms with Crippen molar-refractivity contribution < 1.29 is 0 Å². The quantitative estimate of drug-likeness (QED) is 0.321. The highest BCUT2D eigenvalue weighted by molar-refractivity contribution is 6.19. The molecule has 1 heterocycles. The molecule has 0 aromatic heterocycles. The van der Waals surface area contributed by atoms with Crippen LogP contribution in [0.2, 0.25) is 0 Å². The van der Waals surface area contributed by atoms with E-state index in [2.05, 4.69) is 4.99 Å². The molecule has 7 heavy (non-hydrogen) atoms. The first kappa shape index (κ1) is 7.53. The summed E-state index contributed by atoms with van der Waals surface area (Å²) in [5.41, 5.74) is 0. The third-order valence-corrected chi connectivity index (χ3v) is 0.906. The molecule has 0 aliphatic carbocycles. The normalized spacial score (nSPS) is 17.0. The minimum Gasteiger partial charge on any atom is -0.274 e. The molecular weight excluding hydrogens is 124 g/mol. The van der Waals surface area contributed by atoms with E-state index in [1.54, 1.807) is 10.8 Å². The van der Waals surface area contributed by atoms with E-state index in [4.69, 9.17) is 11.8 Å². The molecule has 0 fully saturated rings. The zero-order valence-corrected chi connectivity index (χ0v) is 4.02. The number of hydrogen-bond donors (Lipinski definition) is 0. The highest BCUT2D eigenvalue weighted by Gasteiger charge is 1.97. The average molecular weight is 131 g/mol. The zero-order chi connectivity index (χ0) is 4.41. The van der Waals surface area contributed by atoms with Gasteiger partial charge < -0.3 is 0 Å². The number of rotatable bonds is 0. The van der Waals surface area contributed by atoms with Gasteiger partial charge in [-0.2, -0.15) is 0 Å². The fraction of sp³-hybridized carbons (Fsp3) is 0.667. The van der Waals surface area contributed by atoms with Crippen LogP contribution >= 0.6 is 11.8 Å². The summed E-state index contributed by atoms with van der Waals surface area (Å²) < 4.78 is 1.54. The first-order chi connectivity index (χ1) is 2.89. The number of nitrogens with zero attached hydrogens (tertiary/aromatic N) is 2. The Labute approximate surface area is 63.8 Å². The lowest BCUT2D eigenvalue weighted by Gasteiger charge is -1.94. The second-order valence-corrected chi connectivity index (χ2v) is 1.58. The number of halogens is 1. The van der Waals surface area contributed by atoms with E-state index < -0.39 is 0 Å². The largest absolute Gasteiger partial charge is 0.316 e. The molecule has 2 nitrogen and oxygen atoms in total. The molecule has 0 amide bonds. The summed E-state index contributed by atoms with van der Waals surface area (Å²) >= 11 is 5.40. The summed E-state index contributed by atoms with van der Waals surface area (Å²) in [6.45, 7) is 1.71. The van der Waals surface area contributed by atoms with Gasteiger partial charge in [0.1, 0.15) is 0 Å². The monoisotopic (exact) mass is 130 g/mol. The summed E-state index contributed by atoms with van der Waals surface area (Å²) in [4.78, 5) is 3.83. The van der Waals surface area contributed by atoms with E-state index in [0.717, 1.165) is 13.1 Å². The summed E-state index contributed by atoms with van der Waals surface area (Å²) in [5, 5.41) is 0. The van der Waals surface area contributed by atoms with Crippen LogP contribution < -0.4 is 0 Å². The summed E-state index contributed by atoms with van der Waals surface area (Å²) in [6.07, 6.45) is 1.63. The molecule has 1 aliphatic rings. The zero-order valence-electron chi connectivity index (χ0n) is 3.26. The summed E-state index contributed by atoms with van der Waals surface area (Å²) in [7, 11) is 0. The molecule has 0 N–H and O–H groups in total. The van der Waals surface area contributed by atoms with Gasteiger partial charge in [-0.05, 0) is 0 Å².